The smallest absolute Gasteiger partial charge is 0.387 e. The lowest BCUT2D eigenvalue weighted by molar-refractivity contribution is -0.870. The Hall–Kier alpha value is -2.58. The number of allylic oxidation sites excluding steroid dienone is 15. The van der Waals surface area contributed by atoms with Gasteiger partial charge in [0, 0.05) is 6.42 Å². The van der Waals surface area contributed by atoms with Crippen LogP contribution in [-0.2, 0) is 18.4 Å². The maximum Gasteiger partial charge on any atom is 0.472 e. The minimum Gasteiger partial charge on any atom is -0.387 e. The van der Waals surface area contributed by atoms with Crippen LogP contribution in [0.2, 0.25) is 0 Å². The number of quaternary nitrogens is 1. The number of carbonyl (C=O) groups is 1. The van der Waals surface area contributed by atoms with E-state index in [0.29, 0.717) is 17.4 Å². The first-order chi connectivity index (χ1) is 36.0. The average molecular weight is 1050 g/mol. The fourth-order valence-electron chi connectivity index (χ4n) is 8.53. The predicted molar refractivity (Wildman–Crippen MR) is 322 cm³/mol. The zero-order valence-electron chi connectivity index (χ0n) is 48.8. The molecule has 0 bridgehead atoms. The second-order valence-corrected chi connectivity index (χ2v) is 23.1. The van der Waals surface area contributed by atoms with Crippen molar-refractivity contribution in [1.82, 2.24) is 5.32 Å². The number of likely N-dealkylation sites (N-methyl/N-ethyl adjacent to an activating group) is 1. The zero-order chi connectivity index (χ0) is 54.2. The zero-order valence-corrected chi connectivity index (χ0v) is 49.7. The lowest BCUT2D eigenvalue weighted by Crippen LogP contribution is -2.45. The van der Waals surface area contributed by atoms with Gasteiger partial charge in [0.05, 0.1) is 39.9 Å². The summed E-state index contributed by atoms with van der Waals surface area (Å²) in [6.07, 6.45) is 79.5. The highest BCUT2D eigenvalue weighted by Gasteiger charge is 2.27. The molecule has 9 heteroatoms. The molecule has 3 N–H and O–H groups in total. The van der Waals surface area contributed by atoms with E-state index in [1.807, 2.05) is 27.2 Å². The minimum atomic E-state index is -4.37. The van der Waals surface area contributed by atoms with Crippen molar-refractivity contribution in [2.45, 2.75) is 270 Å². The van der Waals surface area contributed by atoms with Crippen LogP contribution in [0.15, 0.2) is 97.2 Å². The van der Waals surface area contributed by atoms with Gasteiger partial charge >= 0.3 is 7.82 Å². The molecule has 0 fully saturated rings. The van der Waals surface area contributed by atoms with Crippen molar-refractivity contribution in [2.24, 2.45) is 0 Å². The van der Waals surface area contributed by atoms with Gasteiger partial charge in [0.25, 0.3) is 0 Å². The molecule has 0 radical (unpaired) electrons. The van der Waals surface area contributed by atoms with Gasteiger partial charge in [-0.1, -0.05) is 265 Å². The summed E-state index contributed by atoms with van der Waals surface area (Å²) < 4.78 is 23.7. The highest BCUT2D eigenvalue weighted by atomic mass is 31.2. The third kappa shape index (κ3) is 57.1. The van der Waals surface area contributed by atoms with Gasteiger partial charge in [0.2, 0.25) is 5.91 Å². The molecule has 3 unspecified atom stereocenters. The summed E-state index contributed by atoms with van der Waals surface area (Å²) in [7, 11) is 1.54. The van der Waals surface area contributed by atoms with Crippen molar-refractivity contribution in [2.75, 3.05) is 40.9 Å². The van der Waals surface area contributed by atoms with Gasteiger partial charge in [-0.3, -0.25) is 13.8 Å². The topological polar surface area (TPSA) is 105 Å². The largest absolute Gasteiger partial charge is 0.472 e. The van der Waals surface area contributed by atoms with Gasteiger partial charge in [-0.2, -0.15) is 0 Å². The van der Waals surface area contributed by atoms with Crippen LogP contribution in [0.3, 0.4) is 0 Å². The SMILES string of the molecule is CC/C=C\C/C=C\C/C=C\C/C=C\C/C=C\C/C=C\CCCCCCCCCCC(=O)NC(COP(=O)(O)OCC[N+](C)(C)C)C(O)/C=C/CC/C=C/CCCCCCCCCCCCCCCCCCCCC. The molecule has 0 heterocycles. The quantitative estimate of drug-likeness (QED) is 0.0243. The number of unbranched alkanes of at least 4 members (excludes halogenated alkanes) is 28. The number of aliphatic hydroxyl groups is 1. The van der Waals surface area contributed by atoms with E-state index in [9.17, 15) is 19.4 Å². The lowest BCUT2D eigenvalue weighted by atomic mass is 10.0. The molecule has 0 aromatic rings. The number of hydrogen-bond acceptors (Lipinski definition) is 5. The van der Waals surface area contributed by atoms with Gasteiger partial charge in [0.1, 0.15) is 13.2 Å². The number of hydrogen-bond donors (Lipinski definition) is 3. The number of phosphoric acid groups is 1. The van der Waals surface area contributed by atoms with Crippen LogP contribution >= 0.6 is 7.82 Å². The second kappa shape index (κ2) is 55.2. The normalized spacial score (nSPS) is 14.5. The predicted octanol–water partition coefficient (Wildman–Crippen LogP) is 19.0. The lowest BCUT2D eigenvalue weighted by Gasteiger charge is -2.25. The number of phosphoric ester groups is 1. The van der Waals surface area contributed by atoms with Gasteiger partial charge in [-0.05, 0) is 83.5 Å². The van der Waals surface area contributed by atoms with Crippen molar-refractivity contribution < 1.29 is 32.9 Å². The summed E-state index contributed by atoms with van der Waals surface area (Å²) in [5, 5.41) is 13.9. The maximum atomic E-state index is 13.0. The summed E-state index contributed by atoms with van der Waals surface area (Å²) in [6.45, 7) is 4.69. The molecule has 8 nitrogen and oxygen atoms in total. The summed E-state index contributed by atoms with van der Waals surface area (Å²) in [6, 6.07) is -0.876. The van der Waals surface area contributed by atoms with Crippen LogP contribution in [0, 0.1) is 0 Å². The molecule has 0 rings (SSSR count). The number of nitrogens with zero attached hydrogens (tertiary/aromatic N) is 1. The second-order valence-electron chi connectivity index (χ2n) is 21.7. The molecular weight excluding hydrogens is 936 g/mol. The molecule has 0 aromatic heterocycles. The highest BCUT2D eigenvalue weighted by Crippen LogP contribution is 2.43. The molecule has 0 spiro atoms. The number of aliphatic hydroxyl groups excluding tert-OH is 1. The van der Waals surface area contributed by atoms with Crippen molar-refractivity contribution >= 4 is 13.7 Å². The van der Waals surface area contributed by atoms with Gasteiger partial charge < -0.3 is 19.8 Å². The molecule has 0 aliphatic rings. The van der Waals surface area contributed by atoms with Crippen molar-refractivity contribution in [1.29, 1.82) is 0 Å². The molecule has 0 aromatic carbocycles. The van der Waals surface area contributed by atoms with E-state index >= 15 is 0 Å². The van der Waals surface area contributed by atoms with Gasteiger partial charge in [-0.15, -0.1) is 0 Å². The van der Waals surface area contributed by atoms with E-state index in [4.69, 9.17) is 9.05 Å². The van der Waals surface area contributed by atoms with Crippen molar-refractivity contribution in [3.05, 3.63) is 97.2 Å². The Morgan fingerprint density at radius 3 is 1.24 bits per heavy atom. The first-order valence-corrected chi connectivity index (χ1v) is 32.1. The van der Waals surface area contributed by atoms with Crippen LogP contribution in [0.5, 0.6) is 0 Å². The third-order valence-corrected chi connectivity index (χ3v) is 14.3. The minimum absolute atomic E-state index is 0.0498. The van der Waals surface area contributed by atoms with Crippen LogP contribution in [0.25, 0.3) is 0 Å². The number of amides is 1. The Balaban J connectivity index is 4.27. The van der Waals surface area contributed by atoms with E-state index in [2.05, 4.69) is 104 Å². The molecule has 0 aliphatic carbocycles. The van der Waals surface area contributed by atoms with E-state index in [-0.39, 0.29) is 19.1 Å². The van der Waals surface area contributed by atoms with Crippen LogP contribution in [0.4, 0.5) is 0 Å². The van der Waals surface area contributed by atoms with E-state index in [1.165, 1.54) is 148 Å². The fourth-order valence-corrected chi connectivity index (χ4v) is 9.27. The first-order valence-electron chi connectivity index (χ1n) is 30.6. The highest BCUT2D eigenvalue weighted by molar-refractivity contribution is 7.47. The molecule has 0 aliphatic heterocycles. The van der Waals surface area contributed by atoms with Crippen LogP contribution in [0.1, 0.15) is 258 Å². The van der Waals surface area contributed by atoms with E-state index in [0.717, 1.165) is 89.9 Å². The summed E-state index contributed by atoms with van der Waals surface area (Å²) in [5.74, 6) is -0.197. The summed E-state index contributed by atoms with van der Waals surface area (Å²) in [4.78, 5) is 23.3. The maximum absolute atomic E-state index is 13.0. The fraction of sp³-hybridized carbons (Fsp3) is 0.738. The van der Waals surface area contributed by atoms with Crippen molar-refractivity contribution in [3.63, 3.8) is 0 Å². The molecule has 74 heavy (non-hydrogen) atoms. The summed E-state index contributed by atoms with van der Waals surface area (Å²) in [5.41, 5.74) is 0. The number of nitrogens with one attached hydrogen (secondary N) is 1. The number of rotatable bonds is 55. The van der Waals surface area contributed by atoms with E-state index < -0.39 is 20.0 Å². The standard InChI is InChI=1S/C65H117N2O6P/c1-6-8-10-12-14-16-18-20-22-24-26-28-30-32-33-35-37-39-41-43-45-47-49-51-53-55-57-59-65(69)66-63(62-73-74(70,71)72-61-60-67(3,4)5)64(68)58-56-54-52-50-48-46-44-42-40-38-36-34-31-29-27-25-23-21-19-17-15-13-11-9-7-2/h8,10,14,16,20,22,26,28,32-33,37,39,48,50,56,58,63-64,68H,6-7,9,11-13,15,17-19,21,23-25,27,29-31,34-36,38,40-47,49,51-55,57,59-62H2,1-5H3,(H-,66,69,70,71)/p+1/b10-8-,16-14-,22-20-,28-26-,33-32-,39-37-,50-48+,58-56+. The monoisotopic (exact) mass is 1050 g/mol. The Kier molecular flexibility index (Phi) is 53.3. The summed E-state index contributed by atoms with van der Waals surface area (Å²) >= 11 is 0. The average Bonchev–Trinajstić information content (AvgIpc) is 3.36. The van der Waals surface area contributed by atoms with Gasteiger partial charge in [0.15, 0.2) is 0 Å². The molecule has 3 atom stereocenters. The molecular formula is C65H118N2O6P+. The first kappa shape index (κ1) is 71.4. The molecule has 0 saturated carbocycles. The van der Waals surface area contributed by atoms with E-state index in [1.54, 1.807) is 6.08 Å². The van der Waals surface area contributed by atoms with Crippen molar-refractivity contribution in [3.8, 4) is 0 Å². The van der Waals surface area contributed by atoms with Gasteiger partial charge in [-0.25, -0.2) is 4.57 Å². The molecule has 1 amide bonds. The molecule has 428 valence electrons. The number of carbonyl (C=O) groups excluding carboxylic acids is 1. The third-order valence-electron chi connectivity index (χ3n) is 13.3. The Labute approximate surface area is 458 Å². The Morgan fingerprint density at radius 1 is 0.473 bits per heavy atom. The Morgan fingerprint density at radius 2 is 0.824 bits per heavy atom. The van der Waals surface area contributed by atoms with Crippen LogP contribution < -0.4 is 5.32 Å². The van der Waals surface area contributed by atoms with Crippen LogP contribution in [-0.4, -0.2) is 73.4 Å². The Bertz CT molecular complexity index is 1520. The molecule has 0 saturated heterocycles.